The number of fused-ring (bicyclic) bond motifs is 9. The number of rotatable bonds is 6. The summed E-state index contributed by atoms with van der Waals surface area (Å²) < 4.78 is 13.0. The van der Waals surface area contributed by atoms with Gasteiger partial charge in [-0.15, -0.1) is 0 Å². The number of aryl methyl sites for hydroxylation is 1. The summed E-state index contributed by atoms with van der Waals surface area (Å²) in [6.45, 7) is 2.13. The van der Waals surface area contributed by atoms with Gasteiger partial charge in [-0.2, -0.15) is 0 Å². The molecule has 55 heavy (non-hydrogen) atoms. The van der Waals surface area contributed by atoms with E-state index in [4.69, 9.17) is 8.83 Å². The largest absolute Gasteiger partial charge is 0.456 e. The van der Waals surface area contributed by atoms with Crippen LogP contribution in [0.25, 0.3) is 87.7 Å². The maximum absolute atomic E-state index is 6.59. The van der Waals surface area contributed by atoms with Gasteiger partial charge in [-0.05, 0) is 130 Å². The SMILES string of the molecule is Cc1cc2cc(-c3ccc(Nc4ccc5oc6c(-c7ccccc7)c7ccccc7cc6c5c4)cc3)ccc2c2c1oc1ccc(Nc3ccccc3)cc12. The van der Waals surface area contributed by atoms with Crippen LogP contribution in [0.15, 0.2) is 185 Å². The van der Waals surface area contributed by atoms with Crippen molar-refractivity contribution in [1.29, 1.82) is 0 Å². The van der Waals surface area contributed by atoms with Crippen LogP contribution in [-0.2, 0) is 0 Å². The van der Waals surface area contributed by atoms with E-state index in [1.807, 2.05) is 18.2 Å². The fourth-order valence-electron chi connectivity index (χ4n) is 8.25. The van der Waals surface area contributed by atoms with E-state index >= 15 is 0 Å². The molecule has 0 amide bonds. The second-order valence-electron chi connectivity index (χ2n) is 14.4. The Balaban J connectivity index is 0.917. The molecule has 2 heterocycles. The summed E-state index contributed by atoms with van der Waals surface area (Å²) in [5.74, 6) is 0. The van der Waals surface area contributed by atoms with Crippen molar-refractivity contribution < 1.29 is 8.83 Å². The van der Waals surface area contributed by atoms with Crippen molar-refractivity contribution in [2.75, 3.05) is 10.6 Å². The van der Waals surface area contributed by atoms with Gasteiger partial charge in [-0.1, -0.05) is 97.1 Å². The number of hydrogen-bond donors (Lipinski definition) is 2. The average Bonchev–Trinajstić information content (AvgIpc) is 3.79. The second-order valence-corrected chi connectivity index (χ2v) is 14.4. The van der Waals surface area contributed by atoms with Crippen LogP contribution in [0, 0.1) is 6.92 Å². The Morgan fingerprint density at radius 2 is 0.982 bits per heavy atom. The van der Waals surface area contributed by atoms with Gasteiger partial charge < -0.3 is 19.5 Å². The van der Waals surface area contributed by atoms with Crippen LogP contribution >= 0.6 is 0 Å². The molecule has 260 valence electrons. The molecule has 2 N–H and O–H groups in total. The average molecular weight is 707 g/mol. The third-order valence-corrected chi connectivity index (χ3v) is 10.9. The molecule has 11 rings (SSSR count). The van der Waals surface area contributed by atoms with Crippen molar-refractivity contribution in [3.8, 4) is 22.3 Å². The van der Waals surface area contributed by atoms with E-state index in [1.54, 1.807) is 0 Å². The summed E-state index contributed by atoms with van der Waals surface area (Å²) in [6, 6.07) is 62.0. The maximum atomic E-state index is 6.59. The third kappa shape index (κ3) is 5.30. The van der Waals surface area contributed by atoms with Crippen molar-refractivity contribution in [2.45, 2.75) is 6.92 Å². The second kappa shape index (κ2) is 12.4. The van der Waals surface area contributed by atoms with Crippen molar-refractivity contribution in [3.63, 3.8) is 0 Å². The van der Waals surface area contributed by atoms with Crippen LogP contribution in [0.5, 0.6) is 0 Å². The summed E-state index contributed by atoms with van der Waals surface area (Å²) in [6.07, 6.45) is 0. The van der Waals surface area contributed by atoms with E-state index in [0.29, 0.717) is 0 Å². The molecule has 0 atom stereocenters. The zero-order valence-electron chi connectivity index (χ0n) is 30.1. The molecule has 4 heteroatoms. The molecular weight excluding hydrogens is 673 g/mol. The molecule has 4 nitrogen and oxygen atoms in total. The standard InChI is InChI=1S/C51H34N2O2/c1-31-26-36-27-34(18-23-42(36)49-45-30-40(22-25-47(45)54-50(31)49)52-37-13-6-3-7-14-37)32-16-19-38(20-17-32)53-39-21-24-46-43(29-39)44-28-35-12-8-9-15-41(35)48(51(44)55-46)33-10-4-2-5-11-33/h2-30,52-53H,1H3. The van der Waals surface area contributed by atoms with Crippen molar-refractivity contribution >= 4 is 88.2 Å². The van der Waals surface area contributed by atoms with E-state index in [9.17, 15) is 0 Å². The highest BCUT2D eigenvalue weighted by atomic mass is 16.3. The number of furan rings is 2. The molecule has 9 aromatic carbocycles. The van der Waals surface area contributed by atoms with E-state index in [2.05, 4.69) is 175 Å². The van der Waals surface area contributed by atoms with Crippen LogP contribution < -0.4 is 10.6 Å². The van der Waals surface area contributed by atoms with Crippen molar-refractivity contribution in [1.82, 2.24) is 0 Å². The molecule has 2 aromatic heterocycles. The first-order valence-electron chi connectivity index (χ1n) is 18.7. The zero-order chi connectivity index (χ0) is 36.5. The minimum Gasteiger partial charge on any atom is -0.456 e. The summed E-state index contributed by atoms with van der Waals surface area (Å²) >= 11 is 0. The summed E-state index contributed by atoms with van der Waals surface area (Å²) in [4.78, 5) is 0. The number of anilines is 4. The minimum absolute atomic E-state index is 0.875. The van der Waals surface area contributed by atoms with E-state index < -0.39 is 0 Å². The molecule has 0 saturated heterocycles. The summed E-state index contributed by atoms with van der Waals surface area (Å²) in [5, 5.41) is 16.4. The molecular formula is C51H34N2O2. The first-order chi connectivity index (χ1) is 27.1. The van der Waals surface area contributed by atoms with Gasteiger partial charge in [0.1, 0.15) is 22.3 Å². The van der Waals surface area contributed by atoms with Crippen LogP contribution in [0.4, 0.5) is 22.7 Å². The Kier molecular flexibility index (Phi) is 7.04. The first-order valence-corrected chi connectivity index (χ1v) is 18.7. The van der Waals surface area contributed by atoms with Crippen LogP contribution in [0.3, 0.4) is 0 Å². The van der Waals surface area contributed by atoms with Gasteiger partial charge in [0.2, 0.25) is 0 Å². The fraction of sp³-hybridized carbons (Fsp3) is 0.0196. The highest BCUT2D eigenvalue weighted by Gasteiger charge is 2.18. The molecule has 11 aromatic rings. The first kappa shape index (κ1) is 31.2. The molecule has 0 aliphatic rings. The van der Waals surface area contributed by atoms with Gasteiger partial charge >= 0.3 is 0 Å². The Morgan fingerprint density at radius 1 is 0.364 bits per heavy atom. The van der Waals surface area contributed by atoms with Gasteiger partial charge in [0.15, 0.2) is 0 Å². The Morgan fingerprint density at radius 3 is 1.76 bits per heavy atom. The summed E-state index contributed by atoms with van der Waals surface area (Å²) in [5.41, 5.74) is 13.5. The molecule has 0 unspecified atom stereocenters. The number of para-hydroxylation sites is 1. The topological polar surface area (TPSA) is 50.3 Å². The van der Waals surface area contributed by atoms with Gasteiger partial charge in [0.05, 0.1) is 0 Å². The Labute approximate surface area is 317 Å². The highest BCUT2D eigenvalue weighted by Crippen LogP contribution is 2.43. The number of hydrogen-bond acceptors (Lipinski definition) is 4. The molecule has 0 aliphatic heterocycles. The number of nitrogens with one attached hydrogen (secondary N) is 2. The molecule has 0 bridgehead atoms. The predicted octanol–water partition coefficient (Wildman–Crippen LogP) is 14.9. The maximum Gasteiger partial charge on any atom is 0.143 e. The summed E-state index contributed by atoms with van der Waals surface area (Å²) in [7, 11) is 0. The normalized spacial score (nSPS) is 11.7. The van der Waals surface area contributed by atoms with Gasteiger partial charge in [-0.25, -0.2) is 0 Å². The van der Waals surface area contributed by atoms with E-state index in [-0.39, 0.29) is 0 Å². The van der Waals surface area contributed by atoms with Crippen molar-refractivity contribution in [3.05, 3.63) is 181 Å². The smallest absolute Gasteiger partial charge is 0.143 e. The Hall–Kier alpha value is -7.30. The van der Waals surface area contributed by atoms with E-state index in [0.717, 1.165) is 88.9 Å². The van der Waals surface area contributed by atoms with Crippen molar-refractivity contribution in [2.24, 2.45) is 0 Å². The van der Waals surface area contributed by atoms with Crippen LogP contribution in [-0.4, -0.2) is 0 Å². The third-order valence-electron chi connectivity index (χ3n) is 10.9. The van der Waals surface area contributed by atoms with Gasteiger partial charge in [0, 0.05) is 49.9 Å². The zero-order valence-corrected chi connectivity index (χ0v) is 30.1. The molecule has 0 fully saturated rings. The van der Waals surface area contributed by atoms with Crippen LogP contribution in [0.2, 0.25) is 0 Å². The lowest BCUT2D eigenvalue weighted by Crippen LogP contribution is -1.90. The molecule has 0 saturated carbocycles. The lowest BCUT2D eigenvalue weighted by atomic mass is 9.95. The van der Waals surface area contributed by atoms with Gasteiger partial charge in [0.25, 0.3) is 0 Å². The lowest BCUT2D eigenvalue weighted by Gasteiger charge is -2.10. The van der Waals surface area contributed by atoms with Gasteiger partial charge in [-0.3, -0.25) is 0 Å². The molecule has 0 spiro atoms. The highest BCUT2D eigenvalue weighted by molar-refractivity contribution is 6.21. The minimum atomic E-state index is 0.875. The number of benzene rings is 9. The Bertz CT molecular complexity index is 3250. The fourth-order valence-corrected chi connectivity index (χ4v) is 8.25. The van der Waals surface area contributed by atoms with Crippen LogP contribution in [0.1, 0.15) is 5.56 Å². The molecule has 0 aliphatic carbocycles. The monoisotopic (exact) mass is 706 g/mol. The quantitative estimate of drug-likeness (QED) is 0.181. The van der Waals surface area contributed by atoms with E-state index in [1.165, 1.54) is 27.1 Å². The lowest BCUT2D eigenvalue weighted by molar-refractivity contribution is 0.666. The molecule has 0 radical (unpaired) electrons. The predicted molar refractivity (Wildman–Crippen MR) is 231 cm³/mol.